The van der Waals surface area contributed by atoms with Gasteiger partial charge in [0, 0.05) is 18.3 Å². The normalized spacial score (nSPS) is 10.8. The number of amides is 1. The van der Waals surface area contributed by atoms with Crippen LogP contribution in [0.25, 0.3) is 0 Å². The minimum atomic E-state index is -0.173. The molecule has 134 valence electrons. The number of hydrogen-bond donors (Lipinski definition) is 2. The number of anilines is 2. The molecule has 0 aliphatic heterocycles. The number of aryl methyl sites for hydroxylation is 3. The van der Waals surface area contributed by atoms with E-state index in [2.05, 4.69) is 45.4 Å². The molecule has 1 aromatic heterocycles. The predicted octanol–water partition coefficient (Wildman–Crippen LogP) is 2.83. The molecule has 0 atom stereocenters. The summed E-state index contributed by atoms with van der Waals surface area (Å²) in [5.74, 6) is 1.01. The van der Waals surface area contributed by atoms with Gasteiger partial charge in [0.15, 0.2) is 0 Å². The Kier molecular flexibility index (Phi) is 6.47. The second kappa shape index (κ2) is 8.58. The van der Waals surface area contributed by atoms with Crippen LogP contribution in [0.4, 0.5) is 11.5 Å². The highest BCUT2D eigenvalue weighted by molar-refractivity contribution is 5.93. The summed E-state index contributed by atoms with van der Waals surface area (Å²) in [6.45, 7) is 7.45. The van der Waals surface area contributed by atoms with E-state index < -0.39 is 0 Å². The van der Waals surface area contributed by atoms with Gasteiger partial charge >= 0.3 is 0 Å². The zero-order valence-corrected chi connectivity index (χ0v) is 15.7. The molecule has 0 fully saturated rings. The Bertz CT molecular complexity index is 722. The number of nitrogens with one attached hydrogen (secondary N) is 2. The summed E-state index contributed by atoms with van der Waals surface area (Å²) in [5, 5.41) is 6.17. The maximum absolute atomic E-state index is 12.3. The largest absolute Gasteiger partial charge is 0.351 e. The van der Waals surface area contributed by atoms with Crippen molar-refractivity contribution in [2.75, 3.05) is 32.5 Å². The van der Waals surface area contributed by atoms with E-state index in [4.69, 9.17) is 0 Å². The van der Waals surface area contributed by atoms with Gasteiger partial charge < -0.3 is 15.5 Å². The number of carbonyl (C=O) groups is 1. The van der Waals surface area contributed by atoms with Gasteiger partial charge in [-0.3, -0.25) is 4.79 Å². The molecule has 1 aromatic carbocycles. The zero-order valence-electron chi connectivity index (χ0n) is 15.7. The second-order valence-electron chi connectivity index (χ2n) is 6.60. The number of nitrogens with zero attached hydrogens (tertiary/aromatic N) is 3. The number of hydrogen-bond acceptors (Lipinski definition) is 5. The summed E-state index contributed by atoms with van der Waals surface area (Å²) >= 11 is 0. The summed E-state index contributed by atoms with van der Waals surface area (Å²) in [5.41, 5.74) is 3.68. The van der Waals surface area contributed by atoms with Crippen LogP contribution in [0.15, 0.2) is 24.3 Å². The van der Waals surface area contributed by atoms with Gasteiger partial charge in [-0.2, -0.15) is 0 Å². The van der Waals surface area contributed by atoms with E-state index in [-0.39, 0.29) is 5.91 Å². The quantitative estimate of drug-likeness (QED) is 0.758. The molecule has 0 radical (unpaired) electrons. The predicted molar refractivity (Wildman–Crippen MR) is 101 cm³/mol. The minimum absolute atomic E-state index is 0.173. The molecule has 1 amide bonds. The molecule has 25 heavy (non-hydrogen) atoms. The summed E-state index contributed by atoms with van der Waals surface area (Å²) in [7, 11) is 4.03. The summed E-state index contributed by atoms with van der Waals surface area (Å²) in [6, 6.07) is 7.89. The van der Waals surface area contributed by atoms with Crippen molar-refractivity contribution in [2.24, 2.45) is 0 Å². The molecule has 2 aromatic rings. The van der Waals surface area contributed by atoms with Gasteiger partial charge in [-0.15, -0.1) is 0 Å². The molecule has 0 aliphatic rings. The maximum Gasteiger partial charge on any atom is 0.270 e. The van der Waals surface area contributed by atoms with Crippen molar-refractivity contribution in [1.29, 1.82) is 0 Å². The summed E-state index contributed by atoms with van der Waals surface area (Å²) in [4.78, 5) is 23.0. The van der Waals surface area contributed by atoms with Crippen LogP contribution in [-0.2, 0) is 0 Å². The molecular formula is C19H27N5O. The molecule has 1 heterocycles. The van der Waals surface area contributed by atoms with Gasteiger partial charge in [-0.25, -0.2) is 9.97 Å². The highest BCUT2D eigenvalue weighted by Crippen LogP contribution is 2.19. The Morgan fingerprint density at radius 2 is 1.72 bits per heavy atom. The van der Waals surface area contributed by atoms with Crippen LogP contribution in [0.2, 0.25) is 0 Å². The van der Waals surface area contributed by atoms with Crippen molar-refractivity contribution in [3.8, 4) is 0 Å². The smallest absolute Gasteiger partial charge is 0.270 e. The molecule has 0 saturated heterocycles. The minimum Gasteiger partial charge on any atom is -0.351 e. The molecule has 6 nitrogen and oxygen atoms in total. The Balaban J connectivity index is 2.07. The fraction of sp³-hybridized carbons (Fsp3) is 0.421. The highest BCUT2D eigenvalue weighted by Gasteiger charge is 2.10. The fourth-order valence-corrected chi connectivity index (χ4v) is 2.63. The number of carbonyl (C=O) groups excluding carboxylic acids is 1. The Hall–Kier alpha value is -2.47. The Morgan fingerprint density at radius 1 is 1.04 bits per heavy atom. The molecule has 0 saturated carbocycles. The monoisotopic (exact) mass is 341 g/mol. The van der Waals surface area contributed by atoms with Gasteiger partial charge in [0.2, 0.25) is 0 Å². The van der Waals surface area contributed by atoms with Crippen molar-refractivity contribution in [3.05, 3.63) is 46.9 Å². The lowest BCUT2D eigenvalue weighted by molar-refractivity contribution is 0.0947. The van der Waals surface area contributed by atoms with Crippen LogP contribution >= 0.6 is 0 Å². The van der Waals surface area contributed by atoms with Gasteiger partial charge in [-0.1, -0.05) is 6.07 Å². The van der Waals surface area contributed by atoms with Crippen molar-refractivity contribution >= 4 is 17.4 Å². The number of rotatable bonds is 7. The van der Waals surface area contributed by atoms with Crippen molar-refractivity contribution < 1.29 is 4.79 Å². The average molecular weight is 341 g/mol. The number of aromatic nitrogens is 2. The lowest BCUT2D eigenvalue weighted by Gasteiger charge is -2.11. The standard InChI is InChI=1S/C19H27N5O/c1-13-9-14(2)11-16(10-13)23-18-12-17(21-15(3)22-18)19(25)20-7-6-8-24(4)5/h9-12H,6-8H2,1-5H3,(H,20,25)(H,21,22,23). The fourth-order valence-electron chi connectivity index (χ4n) is 2.63. The molecular weight excluding hydrogens is 314 g/mol. The van der Waals surface area contributed by atoms with Crippen molar-refractivity contribution in [3.63, 3.8) is 0 Å². The van der Waals surface area contributed by atoms with Crippen LogP contribution < -0.4 is 10.6 Å². The number of benzene rings is 1. The topological polar surface area (TPSA) is 70.2 Å². The van der Waals surface area contributed by atoms with Crippen LogP contribution in [0.1, 0.15) is 33.9 Å². The third kappa shape index (κ3) is 6.15. The third-order valence-electron chi connectivity index (χ3n) is 3.63. The first-order valence-electron chi connectivity index (χ1n) is 8.47. The lowest BCUT2D eigenvalue weighted by atomic mass is 10.1. The van der Waals surface area contributed by atoms with Crippen molar-refractivity contribution in [2.45, 2.75) is 27.2 Å². The molecule has 2 rings (SSSR count). The molecule has 6 heteroatoms. The van der Waals surface area contributed by atoms with Crippen LogP contribution in [0, 0.1) is 20.8 Å². The lowest BCUT2D eigenvalue weighted by Crippen LogP contribution is -2.28. The third-order valence-corrected chi connectivity index (χ3v) is 3.63. The van der Waals surface area contributed by atoms with Gasteiger partial charge in [0.25, 0.3) is 5.91 Å². The first kappa shape index (κ1) is 18.9. The van der Waals surface area contributed by atoms with E-state index in [0.717, 1.165) is 18.7 Å². The van der Waals surface area contributed by atoms with Crippen LogP contribution in [0.3, 0.4) is 0 Å². The molecule has 0 bridgehead atoms. The first-order valence-corrected chi connectivity index (χ1v) is 8.47. The van der Waals surface area contributed by atoms with Crippen LogP contribution in [0.5, 0.6) is 0 Å². The molecule has 2 N–H and O–H groups in total. The SMILES string of the molecule is Cc1cc(C)cc(Nc2cc(C(=O)NCCCN(C)C)nc(C)n2)c1. The molecule has 0 aliphatic carbocycles. The van der Waals surface area contributed by atoms with Gasteiger partial charge in [-0.05, 0) is 71.1 Å². The first-order chi connectivity index (χ1) is 11.8. The summed E-state index contributed by atoms with van der Waals surface area (Å²) in [6.07, 6.45) is 0.899. The van der Waals surface area contributed by atoms with E-state index >= 15 is 0 Å². The van der Waals surface area contributed by atoms with E-state index in [1.807, 2.05) is 26.2 Å². The molecule has 0 unspecified atom stereocenters. The Morgan fingerprint density at radius 3 is 2.36 bits per heavy atom. The second-order valence-corrected chi connectivity index (χ2v) is 6.60. The molecule has 0 spiro atoms. The maximum atomic E-state index is 12.3. The zero-order chi connectivity index (χ0) is 18.4. The van der Waals surface area contributed by atoms with E-state index in [1.165, 1.54) is 11.1 Å². The van der Waals surface area contributed by atoms with Crippen LogP contribution in [-0.4, -0.2) is 48.0 Å². The van der Waals surface area contributed by atoms with Crippen molar-refractivity contribution in [1.82, 2.24) is 20.2 Å². The van der Waals surface area contributed by atoms with E-state index in [9.17, 15) is 4.79 Å². The van der Waals surface area contributed by atoms with Gasteiger partial charge in [0.1, 0.15) is 17.3 Å². The van der Waals surface area contributed by atoms with E-state index in [1.54, 1.807) is 13.0 Å². The summed E-state index contributed by atoms with van der Waals surface area (Å²) < 4.78 is 0. The Labute approximate surface area is 149 Å². The highest BCUT2D eigenvalue weighted by atomic mass is 16.1. The van der Waals surface area contributed by atoms with Gasteiger partial charge in [0.05, 0.1) is 0 Å². The average Bonchev–Trinajstić information content (AvgIpc) is 2.49. The van der Waals surface area contributed by atoms with E-state index in [0.29, 0.717) is 23.9 Å².